The lowest BCUT2D eigenvalue weighted by Gasteiger charge is -2.19. The molecule has 3 N–H and O–H groups in total. The summed E-state index contributed by atoms with van der Waals surface area (Å²) in [7, 11) is 0. The fraction of sp³-hybridized carbons (Fsp3) is 0.375. The number of likely N-dealkylation sites (N-methyl/N-ethyl adjacent to an activating group) is 1. The number of urea groups is 1. The first-order chi connectivity index (χ1) is 15.7. The zero-order valence-corrected chi connectivity index (χ0v) is 20.2. The smallest absolute Gasteiger partial charge is 0.315 e. The first kappa shape index (κ1) is 26.0. The number of hydrogen-bond acceptors (Lipinski definition) is 4. The molecule has 0 spiro atoms. The minimum Gasteiger partial charge on any atom is -0.482 e. The lowest BCUT2D eigenvalue weighted by atomic mass is 10.1. The predicted octanol–water partition coefficient (Wildman–Crippen LogP) is 4.05. The summed E-state index contributed by atoms with van der Waals surface area (Å²) in [5.74, 6) is -0.0466. The highest BCUT2D eigenvalue weighted by molar-refractivity contribution is 6.32. The van der Waals surface area contributed by atoms with Crippen LogP contribution in [0.15, 0.2) is 42.5 Å². The van der Waals surface area contributed by atoms with Gasteiger partial charge in [-0.15, -0.1) is 0 Å². The quantitative estimate of drug-likeness (QED) is 0.483. The van der Waals surface area contributed by atoms with Crippen molar-refractivity contribution in [2.75, 3.05) is 25.0 Å². The molecular formula is C24H31ClN4O4. The fourth-order valence-electron chi connectivity index (χ4n) is 2.98. The maximum atomic E-state index is 12.5. The summed E-state index contributed by atoms with van der Waals surface area (Å²) < 4.78 is 5.53. The molecule has 0 heterocycles. The van der Waals surface area contributed by atoms with Crippen LogP contribution < -0.4 is 20.7 Å². The summed E-state index contributed by atoms with van der Waals surface area (Å²) in [6.45, 7) is 9.06. The standard InChI is InChI=1S/C24H31ClN4O4/c1-5-29(6-2)22(30)15-33-21-12-11-19(13-20(21)25)28-23(31)18-9-7-17(8-10-18)14-26-24(32)27-16(3)4/h7-13,16H,5-6,14-15H2,1-4H3,(H,28,31)(H2,26,27,32). The first-order valence-corrected chi connectivity index (χ1v) is 11.3. The van der Waals surface area contributed by atoms with E-state index in [4.69, 9.17) is 16.3 Å². The van der Waals surface area contributed by atoms with E-state index < -0.39 is 0 Å². The van der Waals surface area contributed by atoms with E-state index in [9.17, 15) is 14.4 Å². The molecule has 0 aromatic heterocycles. The Kier molecular flexibility index (Phi) is 10.00. The predicted molar refractivity (Wildman–Crippen MR) is 130 cm³/mol. The highest BCUT2D eigenvalue weighted by Crippen LogP contribution is 2.28. The molecule has 0 atom stereocenters. The lowest BCUT2D eigenvalue weighted by Crippen LogP contribution is -2.39. The van der Waals surface area contributed by atoms with E-state index in [1.54, 1.807) is 47.4 Å². The molecule has 0 fully saturated rings. The molecule has 0 aliphatic heterocycles. The summed E-state index contributed by atoms with van der Waals surface area (Å²) in [6.07, 6.45) is 0. The summed E-state index contributed by atoms with van der Waals surface area (Å²) >= 11 is 6.26. The monoisotopic (exact) mass is 474 g/mol. The van der Waals surface area contributed by atoms with Gasteiger partial charge in [0.1, 0.15) is 5.75 Å². The van der Waals surface area contributed by atoms with E-state index >= 15 is 0 Å². The highest BCUT2D eigenvalue weighted by atomic mass is 35.5. The van der Waals surface area contributed by atoms with Crippen LogP contribution in [0.3, 0.4) is 0 Å². The summed E-state index contributed by atoms with van der Waals surface area (Å²) in [5.41, 5.74) is 1.84. The molecule has 0 radical (unpaired) electrons. The third kappa shape index (κ3) is 8.31. The zero-order valence-electron chi connectivity index (χ0n) is 19.4. The van der Waals surface area contributed by atoms with Gasteiger partial charge in [0.2, 0.25) is 0 Å². The van der Waals surface area contributed by atoms with Crippen molar-refractivity contribution in [3.63, 3.8) is 0 Å². The number of benzene rings is 2. The summed E-state index contributed by atoms with van der Waals surface area (Å²) in [6, 6.07) is 11.6. The molecule has 4 amide bonds. The van der Waals surface area contributed by atoms with E-state index in [1.807, 2.05) is 27.7 Å². The van der Waals surface area contributed by atoms with Crippen LogP contribution in [-0.2, 0) is 11.3 Å². The van der Waals surface area contributed by atoms with Crippen molar-refractivity contribution < 1.29 is 19.1 Å². The molecule has 9 heteroatoms. The number of anilines is 1. The van der Waals surface area contributed by atoms with Crippen LogP contribution in [0.25, 0.3) is 0 Å². The van der Waals surface area contributed by atoms with E-state index in [2.05, 4.69) is 16.0 Å². The molecule has 2 aromatic carbocycles. The average molecular weight is 475 g/mol. The lowest BCUT2D eigenvalue weighted by molar-refractivity contribution is -0.132. The van der Waals surface area contributed by atoms with Crippen LogP contribution in [-0.4, -0.2) is 48.5 Å². The summed E-state index contributed by atoms with van der Waals surface area (Å²) in [4.78, 5) is 38.0. The molecule has 0 saturated carbocycles. The maximum Gasteiger partial charge on any atom is 0.315 e. The Bertz CT molecular complexity index is 959. The van der Waals surface area contributed by atoms with E-state index in [0.717, 1.165) is 5.56 Å². The Morgan fingerprint density at radius 2 is 1.70 bits per heavy atom. The maximum absolute atomic E-state index is 12.5. The second-order valence-corrected chi connectivity index (χ2v) is 8.04. The zero-order chi connectivity index (χ0) is 24.4. The minimum absolute atomic E-state index is 0.0557. The molecule has 33 heavy (non-hydrogen) atoms. The number of nitrogens with one attached hydrogen (secondary N) is 3. The van der Waals surface area contributed by atoms with Gasteiger partial charge in [-0.1, -0.05) is 23.7 Å². The van der Waals surface area contributed by atoms with Gasteiger partial charge in [-0.2, -0.15) is 0 Å². The molecule has 2 rings (SSSR count). The van der Waals surface area contributed by atoms with Crippen LogP contribution in [0, 0.1) is 0 Å². The van der Waals surface area contributed by atoms with Crippen molar-refractivity contribution in [3.05, 3.63) is 58.6 Å². The van der Waals surface area contributed by atoms with Gasteiger partial charge >= 0.3 is 6.03 Å². The molecule has 0 unspecified atom stereocenters. The van der Waals surface area contributed by atoms with Crippen molar-refractivity contribution in [1.82, 2.24) is 15.5 Å². The molecule has 0 aliphatic rings. The SMILES string of the molecule is CCN(CC)C(=O)COc1ccc(NC(=O)c2ccc(CNC(=O)NC(C)C)cc2)cc1Cl. The second-order valence-electron chi connectivity index (χ2n) is 7.63. The van der Waals surface area contributed by atoms with E-state index in [1.165, 1.54) is 0 Å². The van der Waals surface area contributed by atoms with Crippen molar-refractivity contribution in [2.45, 2.75) is 40.3 Å². The largest absolute Gasteiger partial charge is 0.482 e. The average Bonchev–Trinajstić information content (AvgIpc) is 2.78. The van der Waals surface area contributed by atoms with Crippen molar-refractivity contribution in [3.8, 4) is 5.75 Å². The van der Waals surface area contributed by atoms with Gasteiger partial charge in [-0.05, 0) is 63.6 Å². The normalized spacial score (nSPS) is 10.5. The molecule has 0 bridgehead atoms. The van der Waals surface area contributed by atoms with Gasteiger partial charge in [-0.25, -0.2) is 4.79 Å². The molecule has 0 saturated heterocycles. The Morgan fingerprint density at radius 1 is 1.03 bits per heavy atom. The van der Waals surface area contributed by atoms with Crippen LogP contribution in [0.4, 0.5) is 10.5 Å². The second kappa shape index (κ2) is 12.7. The number of halogens is 1. The topological polar surface area (TPSA) is 99.8 Å². The number of carbonyl (C=O) groups is 3. The molecule has 8 nitrogen and oxygen atoms in total. The van der Waals surface area contributed by atoms with Gasteiger partial charge in [0, 0.05) is 36.9 Å². The number of carbonyl (C=O) groups excluding carboxylic acids is 3. The number of ether oxygens (including phenoxy) is 1. The third-order valence-electron chi connectivity index (χ3n) is 4.75. The Labute approximate surface area is 199 Å². The number of rotatable bonds is 10. The van der Waals surface area contributed by atoms with Gasteiger partial charge < -0.3 is 25.6 Å². The van der Waals surface area contributed by atoms with Gasteiger partial charge in [0.25, 0.3) is 11.8 Å². The number of hydrogen-bond donors (Lipinski definition) is 3. The molecule has 178 valence electrons. The number of nitrogens with zero attached hydrogens (tertiary/aromatic N) is 1. The van der Waals surface area contributed by atoms with E-state index in [0.29, 0.717) is 41.7 Å². The van der Waals surface area contributed by atoms with Crippen LogP contribution in [0.2, 0.25) is 5.02 Å². The summed E-state index contributed by atoms with van der Waals surface area (Å²) in [5, 5.41) is 8.59. The first-order valence-electron chi connectivity index (χ1n) is 10.9. The van der Waals surface area contributed by atoms with Gasteiger partial charge in [0.05, 0.1) is 5.02 Å². The van der Waals surface area contributed by atoms with Crippen LogP contribution in [0.1, 0.15) is 43.6 Å². The fourth-order valence-corrected chi connectivity index (χ4v) is 3.21. The van der Waals surface area contributed by atoms with Crippen molar-refractivity contribution in [2.24, 2.45) is 0 Å². The number of amides is 4. The van der Waals surface area contributed by atoms with Crippen molar-refractivity contribution in [1.29, 1.82) is 0 Å². The van der Waals surface area contributed by atoms with Gasteiger partial charge in [0.15, 0.2) is 6.61 Å². The van der Waals surface area contributed by atoms with Gasteiger partial charge in [-0.3, -0.25) is 9.59 Å². The van der Waals surface area contributed by atoms with Crippen LogP contribution >= 0.6 is 11.6 Å². The molecule has 0 aliphatic carbocycles. The van der Waals surface area contributed by atoms with Crippen LogP contribution in [0.5, 0.6) is 5.75 Å². The Hall–Kier alpha value is -3.26. The highest BCUT2D eigenvalue weighted by Gasteiger charge is 2.13. The Morgan fingerprint density at radius 3 is 2.27 bits per heavy atom. The third-order valence-corrected chi connectivity index (χ3v) is 5.04. The molecule has 2 aromatic rings. The van der Waals surface area contributed by atoms with Crippen molar-refractivity contribution >= 4 is 35.1 Å². The Balaban J connectivity index is 1.91. The minimum atomic E-state index is -0.298. The van der Waals surface area contributed by atoms with E-state index in [-0.39, 0.29) is 30.5 Å². The molecular weight excluding hydrogens is 444 g/mol.